The number of nitrogens with two attached hydrogens (primary N) is 1. The molecule has 0 bridgehead atoms. The average Bonchev–Trinajstić information content (AvgIpc) is 2.94. The zero-order chi connectivity index (χ0) is 13.5. The fraction of sp³-hybridized carbons (Fsp3) is 0.333. The van der Waals surface area contributed by atoms with E-state index in [1.807, 2.05) is 0 Å². The Balaban J connectivity index is 1.73. The summed E-state index contributed by atoms with van der Waals surface area (Å²) in [6.07, 6.45) is 1.06. The Labute approximate surface area is 117 Å². The van der Waals surface area contributed by atoms with Crippen LogP contribution in [-0.2, 0) is 26.1 Å². The van der Waals surface area contributed by atoms with E-state index in [2.05, 4.69) is 44.5 Å². The molecular formula is C15H17N5. The van der Waals surface area contributed by atoms with Crippen molar-refractivity contribution in [2.45, 2.75) is 26.1 Å². The van der Waals surface area contributed by atoms with Gasteiger partial charge in [-0.2, -0.15) is 4.98 Å². The van der Waals surface area contributed by atoms with Crippen LogP contribution in [0.4, 0.5) is 11.8 Å². The minimum absolute atomic E-state index is 0.376. The first-order valence-electron chi connectivity index (χ1n) is 6.99. The van der Waals surface area contributed by atoms with Crippen LogP contribution >= 0.6 is 0 Å². The molecule has 2 aliphatic rings. The van der Waals surface area contributed by atoms with E-state index >= 15 is 0 Å². The monoisotopic (exact) mass is 267 g/mol. The molecule has 5 nitrogen and oxygen atoms in total. The van der Waals surface area contributed by atoms with Crippen LogP contribution in [0.25, 0.3) is 0 Å². The predicted octanol–water partition coefficient (Wildman–Crippen LogP) is 1.22. The minimum Gasteiger partial charge on any atom is -0.368 e. The highest BCUT2D eigenvalue weighted by molar-refractivity contribution is 5.55. The van der Waals surface area contributed by atoms with Gasteiger partial charge in [-0.1, -0.05) is 24.3 Å². The third-order valence-corrected chi connectivity index (χ3v) is 4.11. The molecule has 0 atom stereocenters. The van der Waals surface area contributed by atoms with Crippen molar-refractivity contribution in [3.05, 3.63) is 46.6 Å². The number of nitrogen functional groups attached to an aromatic ring is 1. The van der Waals surface area contributed by atoms with Gasteiger partial charge in [-0.15, -0.1) is 0 Å². The summed E-state index contributed by atoms with van der Waals surface area (Å²) in [7, 11) is 0. The Bertz CT molecular complexity index is 667. The van der Waals surface area contributed by atoms with Gasteiger partial charge in [0.25, 0.3) is 0 Å². The van der Waals surface area contributed by atoms with Gasteiger partial charge in [-0.05, 0) is 17.5 Å². The second kappa shape index (κ2) is 4.45. The minimum atomic E-state index is 0.376. The van der Waals surface area contributed by atoms with Crippen molar-refractivity contribution < 1.29 is 0 Å². The predicted molar refractivity (Wildman–Crippen MR) is 78.2 cm³/mol. The molecular weight excluding hydrogens is 250 g/mol. The Hall–Kier alpha value is -2.14. The maximum Gasteiger partial charge on any atom is 0.222 e. The molecule has 0 unspecified atom stereocenters. The standard InChI is InChI=1S/C15H17N5/c16-15-18-13-8-17-7-12(13)14(19-15)20-6-5-10-3-1-2-4-11(10)9-20/h1-4,17H,5-9H2,(H2,16,18,19). The lowest BCUT2D eigenvalue weighted by molar-refractivity contribution is 0.711. The van der Waals surface area contributed by atoms with Gasteiger partial charge in [0.15, 0.2) is 0 Å². The fourth-order valence-corrected chi connectivity index (χ4v) is 3.11. The smallest absolute Gasteiger partial charge is 0.222 e. The quantitative estimate of drug-likeness (QED) is 0.813. The maximum absolute atomic E-state index is 5.86. The number of nitrogens with one attached hydrogen (secondary N) is 1. The van der Waals surface area contributed by atoms with Gasteiger partial charge in [0.05, 0.1) is 5.69 Å². The summed E-state index contributed by atoms with van der Waals surface area (Å²) in [6, 6.07) is 8.62. The topological polar surface area (TPSA) is 67.1 Å². The average molecular weight is 267 g/mol. The van der Waals surface area contributed by atoms with Gasteiger partial charge in [0.2, 0.25) is 5.95 Å². The number of hydrogen-bond acceptors (Lipinski definition) is 5. The van der Waals surface area contributed by atoms with Gasteiger partial charge < -0.3 is 16.0 Å². The second-order valence-electron chi connectivity index (χ2n) is 5.37. The van der Waals surface area contributed by atoms with Crippen LogP contribution in [0.2, 0.25) is 0 Å². The first kappa shape index (κ1) is 11.7. The summed E-state index contributed by atoms with van der Waals surface area (Å²) in [5.41, 5.74) is 10.9. The number of benzene rings is 1. The number of nitrogens with zero attached hydrogens (tertiary/aromatic N) is 3. The van der Waals surface area contributed by atoms with E-state index in [0.29, 0.717) is 5.95 Å². The van der Waals surface area contributed by atoms with Gasteiger partial charge in [0.1, 0.15) is 5.82 Å². The van der Waals surface area contributed by atoms with Crippen molar-refractivity contribution in [1.29, 1.82) is 0 Å². The second-order valence-corrected chi connectivity index (χ2v) is 5.37. The van der Waals surface area contributed by atoms with Crippen LogP contribution in [-0.4, -0.2) is 16.5 Å². The number of fused-ring (bicyclic) bond motifs is 2. The third kappa shape index (κ3) is 1.82. The first-order valence-corrected chi connectivity index (χ1v) is 6.99. The zero-order valence-electron chi connectivity index (χ0n) is 11.3. The molecule has 0 saturated heterocycles. The third-order valence-electron chi connectivity index (χ3n) is 4.11. The summed E-state index contributed by atoms with van der Waals surface area (Å²) in [4.78, 5) is 11.2. The summed E-state index contributed by atoms with van der Waals surface area (Å²) >= 11 is 0. The van der Waals surface area contributed by atoms with Crippen molar-refractivity contribution >= 4 is 11.8 Å². The van der Waals surface area contributed by atoms with Crippen LogP contribution in [0.3, 0.4) is 0 Å². The van der Waals surface area contributed by atoms with E-state index < -0.39 is 0 Å². The van der Waals surface area contributed by atoms with E-state index in [-0.39, 0.29) is 0 Å². The van der Waals surface area contributed by atoms with E-state index in [9.17, 15) is 0 Å². The molecule has 2 aromatic rings. The molecule has 0 amide bonds. The number of hydrogen-bond donors (Lipinski definition) is 2. The summed E-state index contributed by atoms with van der Waals surface area (Å²) in [6.45, 7) is 3.52. The molecule has 1 aromatic heterocycles. The fourth-order valence-electron chi connectivity index (χ4n) is 3.11. The van der Waals surface area contributed by atoms with Crippen LogP contribution < -0.4 is 16.0 Å². The lowest BCUT2D eigenvalue weighted by Crippen LogP contribution is -2.32. The van der Waals surface area contributed by atoms with Gasteiger partial charge in [-0.25, -0.2) is 4.98 Å². The number of rotatable bonds is 1. The molecule has 0 spiro atoms. The van der Waals surface area contributed by atoms with Crippen LogP contribution in [0.1, 0.15) is 22.4 Å². The lowest BCUT2D eigenvalue weighted by Gasteiger charge is -2.31. The number of aromatic nitrogens is 2. The van der Waals surface area contributed by atoms with Gasteiger partial charge in [0, 0.05) is 31.7 Å². The molecule has 3 heterocycles. The molecule has 0 aliphatic carbocycles. The van der Waals surface area contributed by atoms with Gasteiger partial charge >= 0.3 is 0 Å². The van der Waals surface area contributed by atoms with Crippen LogP contribution in [0.15, 0.2) is 24.3 Å². The molecule has 0 saturated carbocycles. The Morgan fingerprint density at radius 2 is 1.95 bits per heavy atom. The molecule has 20 heavy (non-hydrogen) atoms. The molecule has 3 N–H and O–H groups in total. The van der Waals surface area contributed by atoms with Crippen molar-refractivity contribution in [1.82, 2.24) is 15.3 Å². The normalized spacial score (nSPS) is 16.9. The molecule has 0 fully saturated rings. The Kier molecular flexibility index (Phi) is 2.60. The Morgan fingerprint density at radius 1 is 1.10 bits per heavy atom. The summed E-state index contributed by atoms with van der Waals surface area (Å²) < 4.78 is 0. The Morgan fingerprint density at radius 3 is 2.85 bits per heavy atom. The highest BCUT2D eigenvalue weighted by Crippen LogP contribution is 2.29. The largest absolute Gasteiger partial charge is 0.368 e. The lowest BCUT2D eigenvalue weighted by atomic mass is 9.99. The van der Waals surface area contributed by atoms with E-state index in [1.54, 1.807) is 0 Å². The van der Waals surface area contributed by atoms with Crippen molar-refractivity contribution in [3.8, 4) is 0 Å². The number of anilines is 2. The SMILES string of the molecule is Nc1nc2c(c(N3CCc4ccccc4C3)n1)CNC2. The molecule has 4 rings (SSSR count). The molecule has 2 aliphatic heterocycles. The molecule has 102 valence electrons. The van der Waals surface area contributed by atoms with E-state index in [1.165, 1.54) is 16.7 Å². The van der Waals surface area contributed by atoms with Crippen LogP contribution in [0, 0.1) is 0 Å². The van der Waals surface area contributed by atoms with E-state index in [0.717, 1.165) is 44.1 Å². The zero-order valence-corrected chi connectivity index (χ0v) is 11.3. The van der Waals surface area contributed by atoms with Gasteiger partial charge in [-0.3, -0.25) is 0 Å². The van der Waals surface area contributed by atoms with E-state index in [4.69, 9.17) is 5.73 Å². The molecule has 5 heteroatoms. The van der Waals surface area contributed by atoms with Crippen molar-refractivity contribution in [2.75, 3.05) is 17.2 Å². The summed E-state index contributed by atoms with van der Waals surface area (Å²) in [5, 5.41) is 3.33. The van der Waals surface area contributed by atoms with Crippen LogP contribution in [0.5, 0.6) is 0 Å². The molecule has 0 radical (unpaired) electrons. The highest BCUT2D eigenvalue weighted by atomic mass is 15.2. The van der Waals surface area contributed by atoms with Crippen molar-refractivity contribution in [3.63, 3.8) is 0 Å². The maximum atomic E-state index is 5.86. The highest BCUT2D eigenvalue weighted by Gasteiger charge is 2.24. The summed E-state index contributed by atoms with van der Waals surface area (Å²) in [5.74, 6) is 1.38. The molecule has 1 aromatic carbocycles. The first-order chi connectivity index (χ1) is 9.81. The van der Waals surface area contributed by atoms with Crippen molar-refractivity contribution in [2.24, 2.45) is 0 Å².